The summed E-state index contributed by atoms with van der Waals surface area (Å²) in [6, 6.07) is 7.83. The lowest BCUT2D eigenvalue weighted by Gasteiger charge is -2.01. The van der Waals surface area contributed by atoms with Crippen LogP contribution in [0.25, 0.3) is 32.9 Å². The molecule has 8 nitrogen and oxygen atoms in total. The van der Waals surface area contributed by atoms with Crippen molar-refractivity contribution in [2.75, 3.05) is 11.5 Å². The van der Waals surface area contributed by atoms with Crippen LogP contribution in [-0.2, 0) is 7.05 Å². The molecule has 1 aromatic carbocycles. The van der Waals surface area contributed by atoms with Gasteiger partial charge in [0.05, 0.1) is 5.39 Å². The zero-order valence-corrected chi connectivity index (χ0v) is 12.9. The number of hydrogen-bond acceptors (Lipinski definition) is 8. The van der Waals surface area contributed by atoms with Crippen LogP contribution in [0, 0.1) is 0 Å². The number of nitrogens with zero attached hydrogens (tertiary/aromatic N) is 6. The van der Waals surface area contributed by atoms with Crippen molar-refractivity contribution in [2.45, 2.75) is 0 Å². The van der Waals surface area contributed by atoms with Gasteiger partial charge in [0.25, 0.3) is 0 Å². The van der Waals surface area contributed by atoms with Crippen LogP contribution in [0.15, 0.2) is 30.6 Å². The molecule has 3 aromatic heterocycles. The molecule has 4 rings (SSSR count). The number of aromatic nitrogens is 6. The summed E-state index contributed by atoms with van der Waals surface area (Å²) >= 11 is 1.35. The Kier molecular flexibility index (Phi) is 2.95. The zero-order chi connectivity index (χ0) is 16.0. The molecular weight excluding hydrogens is 312 g/mol. The highest BCUT2D eigenvalue weighted by molar-refractivity contribution is 7.18. The number of hydrogen-bond donors (Lipinski definition) is 2. The molecule has 0 unspecified atom stereocenters. The fourth-order valence-electron chi connectivity index (χ4n) is 2.43. The van der Waals surface area contributed by atoms with Gasteiger partial charge in [-0.1, -0.05) is 35.6 Å². The minimum absolute atomic E-state index is 0.416. The summed E-state index contributed by atoms with van der Waals surface area (Å²) < 4.78 is 1.70. The van der Waals surface area contributed by atoms with Gasteiger partial charge >= 0.3 is 0 Å². The molecule has 0 saturated carbocycles. The summed E-state index contributed by atoms with van der Waals surface area (Å²) in [6.45, 7) is 0. The molecule has 0 radical (unpaired) electrons. The number of nitrogen functional groups attached to an aromatic ring is 2. The standard InChI is InChI=1S/C14H12N8S/c1-22-12-9(11(15)17-6-18-12)10(21-22)7-2-4-8(5-3-7)13-19-20-14(16)23-13/h2-6H,1H3,(H2,16,20)(H2,15,17,18). The second-order valence-electron chi connectivity index (χ2n) is 4.95. The number of aryl methyl sites for hydroxylation is 1. The van der Waals surface area contributed by atoms with Crippen LogP contribution in [0.5, 0.6) is 0 Å². The lowest BCUT2D eigenvalue weighted by atomic mass is 10.1. The predicted octanol–water partition coefficient (Wildman–Crippen LogP) is 1.71. The average molecular weight is 324 g/mol. The highest BCUT2D eigenvalue weighted by Crippen LogP contribution is 2.31. The second-order valence-corrected chi connectivity index (χ2v) is 5.96. The van der Waals surface area contributed by atoms with E-state index in [1.54, 1.807) is 4.68 Å². The Morgan fingerprint density at radius 1 is 1.00 bits per heavy atom. The van der Waals surface area contributed by atoms with Gasteiger partial charge in [-0.05, 0) is 0 Å². The molecule has 4 N–H and O–H groups in total. The Bertz CT molecular complexity index is 1000. The average Bonchev–Trinajstić information content (AvgIpc) is 3.13. The van der Waals surface area contributed by atoms with E-state index in [0.717, 1.165) is 27.2 Å². The maximum Gasteiger partial charge on any atom is 0.203 e. The van der Waals surface area contributed by atoms with Gasteiger partial charge in [0.2, 0.25) is 5.13 Å². The van der Waals surface area contributed by atoms with Crippen LogP contribution in [0.4, 0.5) is 10.9 Å². The molecule has 0 amide bonds. The third-order valence-electron chi connectivity index (χ3n) is 3.50. The third-order valence-corrected chi connectivity index (χ3v) is 4.30. The minimum atomic E-state index is 0.416. The van der Waals surface area contributed by atoms with Gasteiger partial charge in [0.15, 0.2) is 5.65 Å². The number of anilines is 2. The summed E-state index contributed by atoms with van der Waals surface area (Å²) in [6.07, 6.45) is 1.44. The molecule has 0 bridgehead atoms. The predicted molar refractivity (Wildman–Crippen MR) is 89.5 cm³/mol. The quantitative estimate of drug-likeness (QED) is 0.575. The van der Waals surface area contributed by atoms with E-state index in [1.807, 2.05) is 31.3 Å². The van der Waals surface area contributed by atoms with Gasteiger partial charge in [-0.15, -0.1) is 10.2 Å². The molecule has 9 heteroatoms. The molecule has 0 saturated heterocycles. The Morgan fingerprint density at radius 3 is 2.43 bits per heavy atom. The maximum absolute atomic E-state index is 6.00. The molecule has 4 aromatic rings. The first-order valence-electron chi connectivity index (χ1n) is 6.76. The first-order chi connectivity index (χ1) is 11.1. The van der Waals surface area contributed by atoms with Crippen molar-refractivity contribution in [3.63, 3.8) is 0 Å². The van der Waals surface area contributed by atoms with E-state index < -0.39 is 0 Å². The molecule has 114 valence electrons. The van der Waals surface area contributed by atoms with Crippen molar-refractivity contribution < 1.29 is 0 Å². The van der Waals surface area contributed by atoms with Crippen molar-refractivity contribution in [3.05, 3.63) is 30.6 Å². The first-order valence-corrected chi connectivity index (χ1v) is 7.58. The normalized spacial score (nSPS) is 11.2. The van der Waals surface area contributed by atoms with Gasteiger partial charge < -0.3 is 11.5 Å². The van der Waals surface area contributed by atoms with Gasteiger partial charge in [-0.3, -0.25) is 0 Å². The summed E-state index contributed by atoms with van der Waals surface area (Å²) in [4.78, 5) is 8.29. The zero-order valence-electron chi connectivity index (χ0n) is 12.1. The summed E-state index contributed by atoms with van der Waals surface area (Å²) in [5, 5.41) is 14.4. The number of rotatable bonds is 2. The van der Waals surface area contributed by atoms with E-state index in [9.17, 15) is 0 Å². The molecule has 0 aliphatic carbocycles. The van der Waals surface area contributed by atoms with E-state index in [4.69, 9.17) is 11.5 Å². The fraction of sp³-hybridized carbons (Fsp3) is 0.0714. The molecule has 0 fully saturated rings. The smallest absolute Gasteiger partial charge is 0.203 e. The Hall–Kier alpha value is -3.07. The van der Waals surface area contributed by atoms with Crippen molar-refractivity contribution in [1.82, 2.24) is 29.9 Å². The van der Waals surface area contributed by atoms with Crippen LogP contribution >= 0.6 is 11.3 Å². The van der Waals surface area contributed by atoms with E-state index in [-0.39, 0.29) is 0 Å². The lowest BCUT2D eigenvalue weighted by Crippen LogP contribution is -1.95. The van der Waals surface area contributed by atoms with E-state index in [0.29, 0.717) is 16.6 Å². The Morgan fingerprint density at radius 2 is 1.74 bits per heavy atom. The van der Waals surface area contributed by atoms with Crippen LogP contribution in [0.2, 0.25) is 0 Å². The Labute approximate surface area is 134 Å². The highest BCUT2D eigenvalue weighted by Gasteiger charge is 2.15. The van der Waals surface area contributed by atoms with Crippen LogP contribution in [0.3, 0.4) is 0 Å². The van der Waals surface area contributed by atoms with E-state index in [2.05, 4.69) is 25.3 Å². The van der Waals surface area contributed by atoms with Crippen LogP contribution < -0.4 is 11.5 Å². The largest absolute Gasteiger partial charge is 0.383 e. The third kappa shape index (κ3) is 2.18. The highest BCUT2D eigenvalue weighted by atomic mass is 32.1. The van der Waals surface area contributed by atoms with Crippen molar-refractivity contribution >= 4 is 33.3 Å². The summed E-state index contributed by atoms with van der Waals surface area (Å²) in [5.74, 6) is 0.416. The molecular formula is C14H12N8S. The van der Waals surface area contributed by atoms with Crippen LogP contribution in [-0.4, -0.2) is 29.9 Å². The minimum Gasteiger partial charge on any atom is -0.383 e. The number of fused-ring (bicyclic) bond motifs is 1. The van der Waals surface area contributed by atoms with E-state index >= 15 is 0 Å². The SMILES string of the molecule is Cn1nc(-c2ccc(-c3nnc(N)s3)cc2)c2c(N)ncnc21. The van der Waals surface area contributed by atoms with E-state index in [1.165, 1.54) is 17.7 Å². The summed E-state index contributed by atoms with van der Waals surface area (Å²) in [7, 11) is 1.83. The van der Waals surface area contributed by atoms with Gasteiger partial charge in [0, 0.05) is 18.2 Å². The number of nitrogens with two attached hydrogens (primary N) is 2. The molecule has 0 spiro atoms. The summed E-state index contributed by atoms with van der Waals surface area (Å²) in [5.41, 5.74) is 15.0. The van der Waals surface area contributed by atoms with Crippen molar-refractivity contribution in [2.24, 2.45) is 7.05 Å². The molecule has 0 atom stereocenters. The fourth-order valence-corrected chi connectivity index (χ4v) is 3.05. The maximum atomic E-state index is 6.00. The van der Waals surface area contributed by atoms with Crippen molar-refractivity contribution in [3.8, 4) is 21.8 Å². The second kappa shape index (κ2) is 4.99. The van der Waals surface area contributed by atoms with Crippen LogP contribution in [0.1, 0.15) is 0 Å². The Balaban J connectivity index is 1.83. The first kappa shape index (κ1) is 13.6. The van der Waals surface area contributed by atoms with Gasteiger partial charge in [0.1, 0.15) is 22.8 Å². The molecule has 3 heterocycles. The lowest BCUT2D eigenvalue weighted by molar-refractivity contribution is 0.789. The number of benzene rings is 1. The molecule has 23 heavy (non-hydrogen) atoms. The monoisotopic (exact) mass is 324 g/mol. The van der Waals surface area contributed by atoms with Gasteiger partial charge in [-0.2, -0.15) is 5.10 Å². The molecule has 0 aliphatic heterocycles. The van der Waals surface area contributed by atoms with Crippen molar-refractivity contribution in [1.29, 1.82) is 0 Å². The van der Waals surface area contributed by atoms with Gasteiger partial charge in [-0.25, -0.2) is 14.6 Å². The topological polar surface area (TPSA) is 121 Å². The molecule has 0 aliphatic rings.